The minimum absolute atomic E-state index is 0.0304. The van der Waals surface area contributed by atoms with Crippen LogP contribution in [0.5, 0.6) is 0 Å². The molecule has 0 aromatic heterocycles. The van der Waals surface area contributed by atoms with E-state index < -0.39 is 5.82 Å². The fourth-order valence-corrected chi connectivity index (χ4v) is 1.82. The smallest absolute Gasteiger partial charge is 0.255 e. The lowest BCUT2D eigenvalue weighted by Gasteiger charge is -2.09. The van der Waals surface area contributed by atoms with E-state index in [-0.39, 0.29) is 17.2 Å². The third-order valence-corrected chi connectivity index (χ3v) is 3.10. The minimum atomic E-state index is -0.590. The molecule has 0 fully saturated rings. The first-order valence-electron chi connectivity index (χ1n) is 6.43. The third kappa shape index (κ3) is 3.15. The van der Waals surface area contributed by atoms with Gasteiger partial charge in [0.05, 0.1) is 5.69 Å². The van der Waals surface area contributed by atoms with Crippen molar-refractivity contribution in [1.29, 1.82) is 0 Å². The molecule has 104 valence electrons. The van der Waals surface area contributed by atoms with Crippen molar-refractivity contribution in [2.24, 2.45) is 0 Å². The highest BCUT2D eigenvalue weighted by Crippen LogP contribution is 2.18. The second-order valence-electron chi connectivity index (χ2n) is 4.97. The molecule has 0 heterocycles. The van der Waals surface area contributed by atoms with Crippen LogP contribution in [0, 0.1) is 5.82 Å². The molecule has 2 aromatic carbocycles. The Morgan fingerprint density at radius 1 is 1.15 bits per heavy atom. The Morgan fingerprint density at radius 2 is 1.80 bits per heavy atom. The minimum Gasteiger partial charge on any atom is -0.396 e. The summed E-state index contributed by atoms with van der Waals surface area (Å²) in [6.45, 7) is 4.20. The summed E-state index contributed by atoms with van der Waals surface area (Å²) in [5, 5.41) is 2.72. The van der Waals surface area contributed by atoms with Crippen molar-refractivity contribution in [3.05, 3.63) is 59.4 Å². The lowest BCUT2D eigenvalue weighted by Crippen LogP contribution is -2.12. The summed E-state index contributed by atoms with van der Waals surface area (Å²) in [6, 6.07) is 11.6. The Labute approximate surface area is 117 Å². The molecule has 0 radical (unpaired) electrons. The van der Waals surface area contributed by atoms with Gasteiger partial charge >= 0.3 is 0 Å². The van der Waals surface area contributed by atoms with Crippen LogP contribution in [0.3, 0.4) is 0 Å². The van der Waals surface area contributed by atoms with Crippen molar-refractivity contribution >= 4 is 17.3 Å². The van der Waals surface area contributed by atoms with Gasteiger partial charge < -0.3 is 11.1 Å². The maximum Gasteiger partial charge on any atom is 0.255 e. The predicted molar refractivity (Wildman–Crippen MR) is 79.3 cm³/mol. The van der Waals surface area contributed by atoms with Crippen LogP contribution in [0.15, 0.2) is 42.5 Å². The van der Waals surface area contributed by atoms with Gasteiger partial charge in [-0.25, -0.2) is 4.39 Å². The highest BCUT2D eigenvalue weighted by molar-refractivity contribution is 6.04. The maximum absolute atomic E-state index is 13.3. The molecular weight excluding hydrogens is 255 g/mol. The van der Waals surface area contributed by atoms with Gasteiger partial charge in [0.25, 0.3) is 5.91 Å². The number of carbonyl (C=O) groups is 1. The largest absolute Gasteiger partial charge is 0.396 e. The number of amides is 1. The Morgan fingerprint density at radius 3 is 2.35 bits per heavy atom. The Hall–Kier alpha value is -2.36. The predicted octanol–water partition coefficient (Wildman–Crippen LogP) is 3.78. The second-order valence-corrected chi connectivity index (χ2v) is 4.97. The molecule has 2 aromatic rings. The normalized spacial score (nSPS) is 10.6. The average Bonchev–Trinajstić information content (AvgIpc) is 2.42. The molecule has 0 spiro atoms. The zero-order chi connectivity index (χ0) is 14.7. The van der Waals surface area contributed by atoms with E-state index in [0.717, 1.165) is 6.07 Å². The summed E-state index contributed by atoms with van der Waals surface area (Å²) in [7, 11) is 0. The van der Waals surface area contributed by atoms with Crippen LogP contribution in [0.25, 0.3) is 0 Å². The molecule has 0 bridgehead atoms. The van der Waals surface area contributed by atoms with Gasteiger partial charge in [-0.1, -0.05) is 26.0 Å². The van der Waals surface area contributed by atoms with Crippen molar-refractivity contribution in [3.8, 4) is 0 Å². The average molecular weight is 272 g/mol. The number of anilines is 2. The van der Waals surface area contributed by atoms with Gasteiger partial charge in [0, 0.05) is 11.3 Å². The van der Waals surface area contributed by atoms with E-state index in [1.807, 2.05) is 24.3 Å². The van der Waals surface area contributed by atoms with Gasteiger partial charge in [0.15, 0.2) is 0 Å². The molecule has 0 unspecified atom stereocenters. The van der Waals surface area contributed by atoms with E-state index in [0.29, 0.717) is 11.6 Å². The van der Waals surface area contributed by atoms with Crippen LogP contribution < -0.4 is 11.1 Å². The van der Waals surface area contributed by atoms with Crippen LogP contribution in [0.2, 0.25) is 0 Å². The Kier molecular flexibility index (Phi) is 4.03. The van der Waals surface area contributed by atoms with E-state index in [9.17, 15) is 9.18 Å². The summed E-state index contributed by atoms with van der Waals surface area (Å²) >= 11 is 0. The second kappa shape index (κ2) is 5.74. The molecule has 0 saturated heterocycles. The maximum atomic E-state index is 13.3. The number of hydrogen-bond donors (Lipinski definition) is 2. The molecule has 1 amide bonds. The zero-order valence-electron chi connectivity index (χ0n) is 11.5. The molecule has 0 aliphatic carbocycles. The third-order valence-electron chi connectivity index (χ3n) is 3.10. The summed E-state index contributed by atoms with van der Waals surface area (Å²) in [4.78, 5) is 12.0. The first kappa shape index (κ1) is 14.1. The van der Waals surface area contributed by atoms with Gasteiger partial charge in [-0.3, -0.25) is 4.79 Å². The van der Waals surface area contributed by atoms with E-state index >= 15 is 0 Å². The lowest BCUT2D eigenvalue weighted by molar-refractivity contribution is 0.102. The number of carbonyl (C=O) groups excluding carboxylic acids is 1. The van der Waals surface area contributed by atoms with Crippen LogP contribution in [0.1, 0.15) is 35.7 Å². The van der Waals surface area contributed by atoms with Gasteiger partial charge in [0.2, 0.25) is 0 Å². The van der Waals surface area contributed by atoms with Gasteiger partial charge in [-0.2, -0.15) is 0 Å². The van der Waals surface area contributed by atoms with Crippen LogP contribution in [0.4, 0.5) is 15.8 Å². The number of rotatable bonds is 3. The number of benzene rings is 2. The first-order chi connectivity index (χ1) is 9.47. The van der Waals surface area contributed by atoms with Crippen molar-refractivity contribution in [2.75, 3.05) is 11.1 Å². The Balaban J connectivity index is 2.12. The van der Waals surface area contributed by atoms with Crippen molar-refractivity contribution in [3.63, 3.8) is 0 Å². The van der Waals surface area contributed by atoms with Crippen molar-refractivity contribution in [2.45, 2.75) is 19.8 Å². The highest BCUT2D eigenvalue weighted by Gasteiger charge is 2.09. The number of nitrogens with one attached hydrogen (secondary N) is 1. The summed E-state index contributed by atoms with van der Waals surface area (Å²) in [6.07, 6.45) is 0. The summed E-state index contributed by atoms with van der Waals surface area (Å²) in [5.74, 6) is -0.514. The molecule has 2 rings (SSSR count). The quantitative estimate of drug-likeness (QED) is 0.835. The van der Waals surface area contributed by atoms with Crippen molar-refractivity contribution in [1.82, 2.24) is 0 Å². The van der Waals surface area contributed by atoms with E-state index in [1.165, 1.54) is 17.7 Å². The molecule has 0 atom stereocenters. The molecule has 4 heteroatoms. The zero-order valence-corrected chi connectivity index (χ0v) is 11.5. The van der Waals surface area contributed by atoms with Crippen LogP contribution in [-0.2, 0) is 0 Å². The number of halogens is 1. The molecule has 20 heavy (non-hydrogen) atoms. The molecule has 0 aliphatic rings. The topological polar surface area (TPSA) is 55.1 Å². The first-order valence-corrected chi connectivity index (χ1v) is 6.43. The van der Waals surface area contributed by atoms with Crippen LogP contribution >= 0.6 is 0 Å². The van der Waals surface area contributed by atoms with Gasteiger partial charge in [-0.15, -0.1) is 0 Å². The standard InChI is InChI=1S/C16H17FN2O/c1-10(2)11-3-6-13(7-4-11)19-16(20)12-5-8-15(18)14(17)9-12/h3-10H,18H2,1-2H3,(H,19,20). The molecule has 3 nitrogen and oxygen atoms in total. The van der Waals surface area contributed by atoms with Crippen molar-refractivity contribution < 1.29 is 9.18 Å². The Bertz CT molecular complexity index is 621. The molecule has 0 aliphatic heterocycles. The van der Waals surface area contributed by atoms with Crippen LogP contribution in [-0.4, -0.2) is 5.91 Å². The van der Waals surface area contributed by atoms with E-state index in [4.69, 9.17) is 5.73 Å². The van der Waals surface area contributed by atoms with E-state index in [1.54, 1.807) is 0 Å². The lowest BCUT2D eigenvalue weighted by atomic mass is 10.0. The number of nitrogen functional groups attached to an aromatic ring is 1. The number of nitrogens with two attached hydrogens (primary N) is 1. The fourth-order valence-electron chi connectivity index (χ4n) is 1.82. The summed E-state index contributed by atoms with van der Waals surface area (Å²) < 4.78 is 13.3. The monoisotopic (exact) mass is 272 g/mol. The van der Waals surface area contributed by atoms with E-state index in [2.05, 4.69) is 19.2 Å². The van der Waals surface area contributed by atoms with Gasteiger partial charge in [-0.05, 0) is 41.8 Å². The molecular formula is C16H17FN2O. The molecule has 0 saturated carbocycles. The molecule has 3 N–H and O–H groups in total. The van der Waals surface area contributed by atoms with Gasteiger partial charge in [0.1, 0.15) is 5.82 Å². The summed E-state index contributed by atoms with van der Waals surface area (Å²) in [5.41, 5.74) is 7.52. The fraction of sp³-hybridized carbons (Fsp3) is 0.188. The number of hydrogen-bond acceptors (Lipinski definition) is 2. The highest BCUT2D eigenvalue weighted by atomic mass is 19.1. The SMILES string of the molecule is CC(C)c1ccc(NC(=O)c2ccc(N)c(F)c2)cc1.